The van der Waals surface area contributed by atoms with Crippen LogP contribution < -0.4 is 10.5 Å². The fraction of sp³-hybridized carbons (Fsp3) is 0.412. The van der Waals surface area contributed by atoms with E-state index in [0.717, 1.165) is 17.0 Å². The Morgan fingerprint density at radius 2 is 2.17 bits per heavy atom. The second-order valence-electron chi connectivity index (χ2n) is 5.77. The van der Waals surface area contributed by atoms with Gasteiger partial charge in [-0.05, 0) is 31.2 Å². The number of carbonyl (C=O) groups is 1. The highest BCUT2D eigenvalue weighted by molar-refractivity contribution is 5.80. The lowest BCUT2D eigenvalue weighted by molar-refractivity contribution is -0.136. The highest BCUT2D eigenvalue weighted by Crippen LogP contribution is 2.23. The van der Waals surface area contributed by atoms with E-state index < -0.39 is 6.04 Å². The van der Waals surface area contributed by atoms with E-state index in [-0.39, 0.29) is 12.0 Å². The first-order valence-corrected chi connectivity index (χ1v) is 7.82. The van der Waals surface area contributed by atoms with Crippen LogP contribution in [0.3, 0.4) is 0 Å². The zero-order valence-corrected chi connectivity index (χ0v) is 13.8. The lowest BCUT2D eigenvalue weighted by Crippen LogP contribution is -2.56. The Kier molecular flexibility index (Phi) is 4.82. The van der Waals surface area contributed by atoms with Gasteiger partial charge in [-0.1, -0.05) is 0 Å². The summed E-state index contributed by atoms with van der Waals surface area (Å²) in [4.78, 5) is 18.2. The summed E-state index contributed by atoms with van der Waals surface area (Å²) in [7, 11) is 1.62. The molecule has 1 aliphatic rings. The fourth-order valence-corrected chi connectivity index (χ4v) is 2.93. The number of ether oxygens (including phenoxy) is 2. The van der Waals surface area contributed by atoms with E-state index in [1.165, 1.54) is 0 Å². The molecule has 24 heavy (non-hydrogen) atoms. The van der Waals surface area contributed by atoms with Gasteiger partial charge in [0.2, 0.25) is 11.8 Å². The zero-order chi connectivity index (χ0) is 17.1. The second kappa shape index (κ2) is 7.02. The van der Waals surface area contributed by atoms with Crippen LogP contribution in [-0.4, -0.2) is 48.2 Å². The number of methoxy groups -OCH3 is 1. The Morgan fingerprint density at radius 3 is 2.83 bits per heavy atom. The maximum Gasteiger partial charge on any atom is 0.237 e. The highest BCUT2D eigenvalue weighted by Gasteiger charge is 2.34. The van der Waals surface area contributed by atoms with Gasteiger partial charge in [0.05, 0.1) is 25.5 Å². The molecule has 1 amide bonds. The number of primary amides is 1. The number of oxazole rings is 1. The van der Waals surface area contributed by atoms with Crippen molar-refractivity contribution in [1.82, 2.24) is 9.88 Å². The first-order chi connectivity index (χ1) is 11.6. The third-order valence-corrected chi connectivity index (χ3v) is 4.14. The molecule has 0 saturated carbocycles. The normalized spacial score (nSPS) is 21.6. The predicted molar refractivity (Wildman–Crippen MR) is 87.3 cm³/mol. The smallest absolute Gasteiger partial charge is 0.237 e. The molecular formula is C17H21N3O4. The second-order valence-corrected chi connectivity index (χ2v) is 5.77. The van der Waals surface area contributed by atoms with Crippen molar-refractivity contribution in [2.45, 2.75) is 25.6 Å². The largest absolute Gasteiger partial charge is 0.497 e. The first-order valence-electron chi connectivity index (χ1n) is 7.82. The van der Waals surface area contributed by atoms with E-state index in [2.05, 4.69) is 4.98 Å². The number of amides is 1. The molecule has 0 radical (unpaired) electrons. The van der Waals surface area contributed by atoms with Gasteiger partial charge in [-0.2, -0.15) is 0 Å². The average molecular weight is 331 g/mol. The number of carbonyl (C=O) groups excluding carboxylic acids is 1. The van der Waals surface area contributed by atoms with Crippen LogP contribution in [0.25, 0.3) is 11.5 Å². The molecule has 0 spiro atoms. The first kappa shape index (κ1) is 16.5. The van der Waals surface area contributed by atoms with E-state index >= 15 is 0 Å². The Morgan fingerprint density at radius 1 is 1.42 bits per heavy atom. The van der Waals surface area contributed by atoms with Crippen LogP contribution in [0.5, 0.6) is 5.75 Å². The van der Waals surface area contributed by atoms with Crippen LogP contribution in [0.2, 0.25) is 0 Å². The summed E-state index contributed by atoms with van der Waals surface area (Å²) in [5.74, 6) is 0.919. The Labute approximate surface area is 140 Å². The monoisotopic (exact) mass is 331 g/mol. The molecular weight excluding hydrogens is 310 g/mol. The molecule has 1 saturated heterocycles. The van der Waals surface area contributed by atoms with E-state index in [0.29, 0.717) is 25.6 Å². The van der Waals surface area contributed by atoms with Gasteiger partial charge < -0.3 is 19.6 Å². The van der Waals surface area contributed by atoms with Gasteiger partial charge >= 0.3 is 0 Å². The summed E-state index contributed by atoms with van der Waals surface area (Å²) in [6, 6.07) is 7.02. The molecule has 2 N–H and O–H groups in total. The Hall–Kier alpha value is -2.38. The number of benzene rings is 1. The van der Waals surface area contributed by atoms with E-state index in [1.807, 2.05) is 36.1 Å². The Bertz CT molecular complexity index is 698. The van der Waals surface area contributed by atoms with Gasteiger partial charge in [-0.25, -0.2) is 4.98 Å². The molecule has 128 valence electrons. The fourth-order valence-electron chi connectivity index (χ4n) is 2.93. The van der Waals surface area contributed by atoms with Gasteiger partial charge in [-0.3, -0.25) is 9.69 Å². The number of morpholine rings is 1. The van der Waals surface area contributed by atoms with E-state index in [9.17, 15) is 4.79 Å². The van der Waals surface area contributed by atoms with Crippen molar-refractivity contribution in [3.8, 4) is 17.2 Å². The molecule has 0 unspecified atom stereocenters. The summed E-state index contributed by atoms with van der Waals surface area (Å²) < 4.78 is 16.2. The standard InChI is InChI=1S/C17H21N3O4/c1-11-15(16(18)21)20(7-8-23-11)9-13-10-24-17(19-13)12-3-5-14(22-2)6-4-12/h3-6,10-11,15H,7-9H2,1-2H3,(H2,18,21)/t11-,15+/m1/s1. The van der Waals surface area contributed by atoms with Gasteiger partial charge in [0.1, 0.15) is 18.1 Å². The van der Waals surface area contributed by atoms with Crippen LogP contribution in [0.1, 0.15) is 12.6 Å². The maximum atomic E-state index is 11.7. The van der Waals surface area contributed by atoms with Crippen molar-refractivity contribution in [2.75, 3.05) is 20.3 Å². The third-order valence-electron chi connectivity index (χ3n) is 4.14. The lowest BCUT2D eigenvalue weighted by Gasteiger charge is -2.37. The number of hydrogen-bond donors (Lipinski definition) is 1. The van der Waals surface area contributed by atoms with Gasteiger partial charge in [-0.15, -0.1) is 0 Å². The number of aromatic nitrogens is 1. The zero-order valence-electron chi connectivity index (χ0n) is 13.8. The number of nitrogens with two attached hydrogens (primary N) is 1. The van der Waals surface area contributed by atoms with Crippen LogP contribution in [0.15, 0.2) is 34.9 Å². The molecule has 2 atom stereocenters. The van der Waals surface area contributed by atoms with Crippen molar-refractivity contribution in [3.05, 3.63) is 36.2 Å². The number of rotatable bonds is 5. The number of hydrogen-bond acceptors (Lipinski definition) is 6. The number of nitrogens with zero attached hydrogens (tertiary/aromatic N) is 2. The molecule has 0 aliphatic carbocycles. The summed E-state index contributed by atoms with van der Waals surface area (Å²) in [5, 5.41) is 0. The highest BCUT2D eigenvalue weighted by atomic mass is 16.5. The molecule has 7 heteroatoms. The summed E-state index contributed by atoms with van der Waals surface area (Å²) in [6.07, 6.45) is 1.38. The molecule has 0 bridgehead atoms. The quantitative estimate of drug-likeness (QED) is 0.891. The Balaban J connectivity index is 1.74. The molecule has 1 fully saturated rings. The molecule has 2 heterocycles. The van der Waals surface area contributed by atoms with Gasteiger partial charge in [0, 0.05) is 18.7 Å². The van der Waals surface area contributed by atoms with Crippen LogP contribution >= 0.6 is 0 Å². The van der Waals surface area contributed by atoms with Crippen molar-refractivity contribution in [1.29, 1.82) is 0 Å². The summed E-state index contributed by atoms with van der Waals surface area (Å²) in [5.41, 5.74) is 7.12. The minimum absolute atomic E-state index is 0.232. The molecule has 1 aromatic carbocycles. The van der Waals surface area contributed by atoms with Crippen LogP contribution in [0, 0.1) is 0 Å². The summed E-state index contributed by atoms with van der Waals surface area (Å²) >= 11 is 0. The molecule has 1 aliphatic heterocycles. The molecule has 1 aromatic heterocycles. The maximum absolute atomic E-state index is 11.7. The summed E-state index contributed by atoms with van der Waals surface area (Å²) in [6.45, 7) is 3.53. The molecule has 2 aromatic rings. The minimum atomic E-state index is -0.458. The lowest BCUT2D eigenvalue weighted by atomic mass is 10.1. The van der Waals surface area contributed by atoms with E-state index in [1.54, 1.807) is 13.4 Å². The van der Waals surface area contributed by atoms with Crippen molar-refractivity contribution in [3.63, 3.8) is 0 Å². The predicted octanol–water partition coefficient (Wildman–Crippen LogP) is 1.42. The van der Waals surface area contributed by atoms with Crippen LogP contribution in [0.4, 0.5) is 0 Å². The van der Waals surface area contributed by atoms with Crippen LogP contribution in [-0.2, 0) is 16.1 Å². The van der Waals surface area contributed by atoms with Crippen molar-refractivity contribution in [2.24, 2.45) is 5.73 Å². The van der Waals surface area contributed by atoms with Crippen molar-refractivity contribution < 1.29 is 18.7 Å². The van der Waals surface area contributed by atoms with Crippen molar-refractivity contribution >= 4 is 5.91 Å². The van der Waals surface area contributed by atoms with Gasteiger partial charge in [0.15, 0.2) is 0 Å². The average Bonchev–Trinajstić information content (AvgIpc) is 3.03. The topological polar surface area (TPSA) is 90.8 Å². The van der Waals surface area contributed by atoms with E-state index in [4.69, 9.17) is 19.6 Å². The SMILES string of the molecule is COc1ccc(-c2nc(CN3CCO[C@H](C)[C@H]3C(N)=O)co2)cc1. The molecule has 7 nitrogen and oxygen atoms in total. The molecule has 3 rings (SSSR count). The minimum Gasteiger partial charge on any atom is -0.497 e. The third kappa shape index (κ3) is 3.42. The van der Waals surface area contributed by atoms with Gasteiger partial charge in [0.25, 0.3) is 0 Å².